The van der Waals surface area contributed by atoms with Crippen molar-refractivity contribution >= 4 is 5.97 Å². The van der Waals surface area contributed by atoms with Gasteiger partial charge >= 0.3 is 5.97 Å². The van der Waals surface area contributed by atoms with Gasteiger partial charge in [0.2, 0.25) is 0 Å². The van der Waals surface area contributed by atoms with Crippen LogP contribution >= 0.6 is 0 Å². The molecule has 0 amide bonds. The van der Waals surface area contributed by atoms with E-state index >= 15 is 0 Å². The van der Waals surface area contributed by atoms with Gasteiger partial charge in [-0.1, -0.05) is 6.92 Å². The molecule has 1 saturated heterocycles. The summed E-state index contributed by atoms with van der Waals surface area (Å²) in [6.07, 6.45) is 1.44. The highest BCUT2D eigenvalue weighted by Crippen LogP contribution is 2.32. The molecule has 1 aliphatic carbocycles. The molecule has 2 rings (SSSR count). The van der Waals surface area contributed by atoms with Gasteiger partial charge in [0.15, 0.2) is 0 Å². The molecular weight excluding hydrogens is 168 g/mol. The standard InChI is InChI=1S/C9H16N2O2/c1-6-2-7(6)11-9(3-8(12)13)4-10-5-9/h6-7,10-11H,2-5H2,1H3,(H,12,13). The molecule has 74 valence electrons. The number of carboxylic acids is 1. The highest BCUT2D eigenvalue weighted by molar-refractivity contribution is 5.68. The fourth-order valence-electron chi connectivity index (χ4n) is 1.91. The third-order valence-corrected chi connectivity index (χ3v) is 3.02. The van der Waals surface area contributed by atoms with Gasteiger partial charge in [0, 0.05) is 19.1 Å². The lowest BCUT2D eigenvalue weighted by Crippen LogP contribution is -2.69. The molecule has 0 aromatic carbocycles. The Labute approximate surface area is 77.7 Å². The fourth-order valence-corrected chi connectivity index (χ4v) is 1.91. The maximum absolute atomic E-state index is 10.6. The second kappa shape index (κ2) is 2.96. The summed E-state index contributed by atoms with van der Waals surface area (Å²) in [4.78, 5) is 10.6. The first-order chi connectivity index (χ1) is 6.11. The molecule has 1 heterocycles. The predicted octanol–water partition coefficient (Wildman–Crippen LogP) is -0.199. The second-order valence-corrected chi connectivity index (χ2v) is 4.42. The van der Waals surface area contributed by atoms with Crippen LogP contribution in [0.3, 0.4) is 0 Å². The minimum atomic E-state index is -0.706. The van der Waals surface area contributed by atoms with E-state index in [1.165, 1.54) is 6.42 Å². The monoisotopic (exact) mass is 184 g/mol. The average Bonchev–Trinajstić information content (AvgIpc) is 2.61. The Balaban J connectivity index is 1.87. The van der Waals surface area contributed by atoms with Crippen LogP contribution in [0.2, 0.25) is 0 Å². The molecule has 2 unspecified atom stereocenters. The van der Waals surface area contributed by atoms with E-state index in [4.69, 9.17) is 5.11 Å². The van der Waals surface area contributed by atoms with Crippen molar-refractivity contribution in [1.29, 1.82) is 0 Å². The quantitative estimate of drug-likeness (QED) is 0.566. The summed E-state index contributed by atoms with van der Waals surface area (Å²) in [6, 6.07) is 0.557. The third kappa shape index (κ3) is 1.84. The lowest BCUT2D eigenvalue weighted by molar-refractivity contribution is -0.139. The first-order valence-corrected chi connectivity index (χ1v) is 4.81. The average molecular weight is 184 g/mol. The fraction of sp³-hybridized carbons (Fsp3) is 0.889. The van der Waals surface area contributed by atoms with Crippen molar-refractivity contribution in [2.75, 3.05) is 13.1 Å². The van der Waals surface area contributed by atoms with Crippen LogP contribution in [0.4, 0.5) is 0 Å². The smallest absolute Gasteiger partial charge is 0.305 e. The summed E-state index contributed by atoms with van der Waals surface area (Å²) in [5.74, 6) is 0.0218. The zero-order valence-corrected chi connectivity index (χ0v) is 7.84. The van der Waals surface area contributed by atoms with Crippen LogP contribution in [0.5, 0.6) is 0 Å². The molecule has 1 aliphatic heterocycles. The largest absolute Gasteiger partial charge is 0.481 e. The molecule has 0 bridgehead atoms. The first kappa shape index (κ1) is 8.97. The van der Waals surface area contributed by atoms with Crippen molar-refractivity contribution in [3.05, 3.63) is 0 Å². The van der Waals surface area contributed by atoms with Crippen LogP contribution < -0.4 is 10.6 Å². The van der Waals surface area contributed by atoms with E-state index < -0.39 is 5.97 Å². The molecule has 0 aromatic heterocycles. The number of rotatable bonds is 4. The number of hydrogen-bond donors (Lipinski definition) is 3. The first-order valence-electron chi connectivity index (χ1n) is 4.81. The topological polar surface area (TPSA) is 61.4 Å². The van der Waals surface area contributed by atoms with E-state index in [1.807, 2.05) is 0 Å². The van der Waals surface area contributed by atoms with E-state index in [1.54, 1.807) is 0 Å². The van der Waals surface area contributed by atoms with Crippen LogP contribution in [0.1, 0.15) is 19.8 Å². The molecule has 4 heteroatoms. The van der Waals surface area contributed by atoms with Crippen molar-refractivity contribution < 1.29 is 9.90 Å². The number of hydrogen-bond acceptors (Lipinski definition) is 3. The molecule has 1 saturated carbocycles. The van der Waals surface area contributed by atoms with Crippen LogP contribution in [-0.4, -0.2) is 35.7 Å². The Bertz CT molecular complexity index is 226. The maximum atomic E-state index is 10.6. The van der Waals surface area contributed by atoms with Gasteiger partial charge in [0.25, 0.3) is 0 Å². The summed E-state index contributed by atoms with van der Waals surface area (Å²) in [5.41, 5.74) is -0.152. The molecule has 0 radical (unpaired) electrons. The summed E-state index contributed by atoms with van der Waals surface area (Å²) in [7, 11) is 0. The number of carboxylic acid groups (broad SMARTS) is 1. The summed E-state index contributed by atoms with van der Waals surface area (Å²) >= 11 is 0. The van der Waals surface area contributed by atoms with Crippen molar-refractivity contribution in [1.82, 2.24) is 10.6 Å². The van der Waals surface area contributed by atoms with Gasteiger partial charge in [0.1, 0.15) is 0 Å². The Morgan fingerprint density at radius 1 is 1.69 bits per heavy atom. The predicted molar refractivity (Wildman–Crippen MR) is 48.6 cm³/mol. The van der Waals surface area contributed by atoms with E-state index in [0.29, 0.717) is 6.04 Å². The Hall–Kier alpha value is -0.610. The third-order valence-electron chi connectivity index (χ3n) is 3.02. The molecule has 2 fully saturated rings. The van der Waals surface area contributed by atoms with Gasteiger partial charge in [-0.15, -0.1) is 0 Å². The van der Waals surface area contributed by atoms with Crippen molar-refractivity contribution in [3.63, 3.8) is 0 Å². The molecule has 4 nitrogen and oxygen atoms in total. The van der Waals surface area contributed by atoms with E-state index in [9.17, 15) is 4.79 Å². The van der Waals surface area contributed by atoms with Gasteiger partial charge in [-0.3, -0.25) is 4.79 Å². The van der Waals surface area contributed by atoms with Crippen LogP contribution in [-0.2, 0) is 4.79 Å². The maximum Gasteiger partial charge on any atom is 0.305 e. The number of carbonyl (C=O) groups is 1. The highest BCUT2D eigenvalue weighted by atomic mass is 16.4. The minimum absolute atomic E-state index is 0.152. The summed E-state index contributed by atoms with van der Waals surface area (Å²) in [6.45, 7) is 3.78. The van der Waals surface area contributed by atoms with Crippen molar-refractivity contribution in [3.8, 4) is 0 Å². The Morgan fingerprint density at radius 2 is 2.31 bits per heavy atom. The van der Waals surface area contributed by atoms with E-state index in [0.717, 1.165) is 19.0 Å². The SMILES string of the molecule is CC1CC1NC1(CC(=O)O)CNC1. The van der Waals surface area contributed by atoms with Crippen LogP contribution in [0.15, 0.2) is 0 Å². The lowest BCUT2D eigenvalue weighted by atomic mass is 9.88. The van der Waals surface area contributed by atoms with Crippen LogP contribution in [0.25, 0.3) is 0 Å². The van der Waals surface area contributed by atoms with Gasteiger partial charge in [0.05, 0.1) is 12.0 Å². The minimum Gasteiger partial charge on any atom is -0.481 e. The Kier molecular flexibility index (Phi) is 2.04. The lowest BCUT2D eigenvalue weighted by Gasteiger charge is -2.42. The Morgan fingerprint density at radius 3 is 2.62 bits per heavy atom. The van der Waals surface area contributed by atoms with E-state index in [-0.39, 0.29) is 12.0 Å². The summed E-state index contributed by atoms with van der Waals surface area (Å²) in [5, 5.41) is 15.3. The molecule has 3 N–H and O–H groups in total. The molecular formula is C9H16N2O2. The molecule has 0 aromatic rings. The zero-order valence-electron chi connectivity index (χ0n) is 7.84. The zero-order chi connectivity index (χ0) is 9.47. The van der Waals surface area contributed by atoms with E-state index in [2.05, 4.69) is 17.6 Å². The summed E-state index contributed by atoms with van der Waals surface area (Å²) < 4.78 is 0. The van der Waals surface area contributed by atoms with Gasteiger partial charge in [-0.05, 0) is 12.3 Å². The molecule has 0 spiro atoms. The van der Waals surface area contributed by atoms with Crippen LogP contribution in [0, 0.1) is 5.92 Å². The van der Waals surface area contributed by atoms with Gasteiger partial charge < -0.3 is 15.7 Å². The van der Waals surface area contributed by atoms with Crippen molar-refractivity contribution in [2.24, 2.45) is 5.92 Å². The second-order valence-electron chi connectivity index (χ2n) is 4.42. The van der Waals surface area contributed by atoms with Crippen molar-refractivity contribution in [2.45, 2.75) is 31.3 Å². The molecule has 2 atom stereocenters. The van der Waals surface area contributed by atoms with Gasteiger partial charge in [-0.25, -0.2) is 0 Å². The molecule has 13 heavy (non-hydrogen) atoms. The highest BCUT2D eigenvalue weighted by Gasteiger charge is 2.45. The normalized spacial score (nSPS) is 35.2. The van der Waals surface area contributed by atoms with Gasteiger partial charge in [-0.2, -0.15) is 0 Å². The number of aliphatic carboxylic acids is 1. The number of nitrogens with one attached hydrogen (secondary N) is 2. The molecule has 2 aliphatic rings.